The molecule has 3 atom stereocenters. The number of hydrogen-bond acceptors (Lipinski definition) is 5. The van der Waals surface area contributed by atoms with Crippen LogP contribution in [0.25, 0.3) is 0 Å². The van der Waals surface area contributed by atoms with Gasteiger partial charge in [-0.15, -0.1) is 0 Å². The highest BCUT2D eigenvalue weighted by molar-refractivity contribution is 5.95. The summed E-state index contributed by atoms with van der Waals surface area (Å²) in [5.74, 6) is -1.43. The Labute approximate surface area is 147 Å². The van der Waals surface area contributed by atoms with Crippen LogP contribution in [0.5, 0.6) is 5.75 Å². The number of rotatable bonds is 7. The molecule has 3 amide bonds. The van der Waals surface area contributed by atoms with Crippen molar-refractivity contribution in [1.82, 2.24) is 20.9 Å². The van der Waals surface area contributed by atoms with Crippen LogP contribution in [0.1, 0.15) is 45.1 Å². The van der Waals surface area contributed by atoms with E-state index in [1.807, 2.05) is 13.8 Å². The molecular formula is C17H26N4O4. The number of nitrogens with one attached hydrogen (secondary N) is 3. The fraction of sp³-hybridized carbons (Fsp3) is 0.529. The zero-order chi connectivity index (χ0) is 19.1. The number of hydrogen-bond donors (Lipinski definition) is 4. The van der Waals surface area contributed by atoms with Gasteiger partial charge in [-0.3, -0.25) is 14.4 Å². The molecule has 3 unspecified atom stereocenters. The van der Waals surface area contributed by atoms with Crippen LogP contribution in [-0.4, -0.2) is 45.9 Å². The van der Waals surface area contributed by atoms with E-state index in [-0.39, 0.29) is 29.2 Å². The number of carbonyl (C=O) groups excluding carboxylic acids is 3. The Balaban J connectivity index is 2.68. The molecule has 0 aromatic carbocycles. The van der Waals surface area contributed by atoms with Crippen LogP contribution in [0.4, 0.5) is 0 Å². The van der Waals surface area contributed by atoms with Crippen LogP contribution in [0, 0.1) is 5.92 Å². The maximum atomic E-state index is 12.4. The molecule has 0 saturated carbocycles. The van der Waals surface area contributed by atoms with Gasteiger partial charge in [-0.1, -0.05) is 13.8 Å². The first-order valence-electron chi connectivity index (χ1n) is 8.15. The first kappa shape index (κ1) is 20.4. The number of nitrogens with zero attached hydrogens (tertiary/aromatic N) is 1. The van der Waals surface area contributed by atoms with Crippen molar-refractivity contribution in [3.63, 3.8) is 0 Å². The second-order valence-corrected chi connectivity index (χ2v) is 6.35. The molecule has 4 N–H and O–H groups in total. The first-order chi connectivity index (χ1) is 11.6. The lowest BCUT2D eigenvalue weighted by molar-refractivity contribution is -0.129. The second kappa shape index (κ2) is 9.00. The molecule has 8 heteroatoms. The van der Waals surface area contributed by atoms with Crippen molar-refractivity contribution in [3.05, 3.63) is 24.0 Å². The fourth-order valence-corrected chi connectivity index (χ4v) is 2.17. The molecule has 1 aromatic rings. The topological polar surface area (TPSA) is 120 Å². The van der Waals surface area contributed by atoms with Gasteiger partial charge in [0.05, 0.1) is 0 Å². The van der Waals surface area contributed by atoms with Crippen molar-refractivity contribution >= 4 is 17.7 Å². The maximum absolute atomic E-state index is 12.4. The Hall–Kier alpha value is -2.64. The van der Waals surface area contributed by atoms with Crippen LogP contribution < -0.4 is 16.0 Å². The van der Waals surface area contributed by atoms with Crippen LogP contribution >= 0.6 is 0 Å². The normalized spacial score (nSPS) is 14.3. The summed E-state index contributed by atoms with van der Waals surface area (Å²) in [5.41, 5.74) is -0.0776. The van der Waals surface area contributed by atoms with Gasteiger partial charge in [0.15, 0.2) is 5.69 Å². The SMILES string of the molecule is CC(=O)NC(C(=O)NC(C)C(C)NC(=O)c1ncccc1O)C(C)C. The lowest BCUT2D eigenvalue weighted by Gasteiger charge is -2.27. The summed E-state index contributed by atoms with van der Waals surface area (Å²) in [6, 6.07) is 1.44. The van der Waals surface area contributed by atoms with Gasteiger partial charge in [-0.25, -0.2) is 4.98 Å². The molecule has 1 heterocycles. The number of pyridine rings is 1. The Morgan fingerprint density at radius 2 is 1.64 bits per heavy atom. The quantitative estimate of drug-likeness (QED) is 0.573. The van der Waals surface area contributed by atoms with E-state index in [2.05, 4.69) is 20.9 Å². The molecule has 25 heavy (non-hydrogen) atoms. The molecule has 0 spiro atoms. The van der Waals surface area contributed by atoms with Crippen LogP contribution in [-0.2, 0) is 9.59 Å². The highest BCUT2D eigenvalue weighted by Gasteiger charge is 2.26. The van der Waals surface area contributed by atoms with Crippen LogP contribution in [0.15, 0.2) is 18.3 Å². The third-order valence-corrected chi connectivity index (χ3v) is 3.79. The Bertz CT molecular complexity index is 633. The average molecular weight is 350 g/mol. The molecular weight excluding hydrogens is 324 g/mol. The van der Waals surface area contributed by atoms with E-state index < -0.39 is 24.0 Å². The number of aromatic nitrogens is 1. The van der Waals surface area contributed by atoms with Gasteiger partial charge in [-0.05, 0) is 31.9 Å². The van der Waals surface area contributed by atoms with Gasteiger partial charge in [0.2, 0.25) is 11.8 Å². The van der Waals surface area contributed by atoms with Crippen molar-refractivity contribution in [1.29, 1.82) is 0 Å². The van der Waals surface area contributed by atoms with E-state index in [1.165, 1.54) is 25.3 Å². The second-order valence-electron chi connectivity index (χ2n) is 6.35. The third kappa shape index (κ3) is 6.06. The minimum absolute atomic E-state index is 0.0773. The fourth-order valence-electron chi connectivity index (χ4n) is 2.17. The minimum atomic E-state index is -0.650. The molecule has 1 rings (SSSR count). The molecule has 0 bridgehead atoms. The monoisotopic (exact) mass is 350 g/mol. The Kier molecular flexibility index (Phi) is 7.35. The summed E-state index contributed by atoms with van der Waals surface area (Å²) in [7, 11) is 0. The molecule has 0 aliphatic rings. The van der Waals surface area contributed by atoms with Crippen molar-refractivity contribution in [3.8, 4) is 5.75 Å². The van der Waals surface area contributed by atoms with E-state index >= 15 is 0 Å². The molecule has 0 aliphatic carbocycles. The Morgan fingerprint density at radius 3 is 2.16 bits per heavy atom. The lowest BCUT2D eigenvalue weighted by atomic mass is 10.0. The lowest BCUT2D eigenvalue weighted by Crippen LogP contribution is -2.55. The molecule has 0 aliphatic heterocycles. The molecule has 0 saturated heterocycles. The highest BCUT2D eigenvalue weighted by atomic mass is 16.3. The Morgan fingerprint density at radius 1 is 1.04 bits per heavy atom. The predicted octanol–water partition coefficient (Wildman–Crippen LogP) is 0.571. The molecule has 1 aromatic heterocycles. The molecule has 8 nitrogen and oxygen atoms in total. The molecule has 138 valence electrons. The number of aromatic hydroxyl groups is 1. The van der Waals surface area contributed by atoms with E-state index in [1.54, 1.807) is 13.8 Å². The van der Waals surface area contributed by atoms with Crippen molar-refractivity contribution in [2.45, 2.75) is 52.7 Å². The number of amides is 3. The summed E-state index contributed by atoms with van der Waals surface area (Å²) < 4.78 is 0. The summed E-state index contributed by atoms with van der Waals surface area (Å²) >= 11 is 0. The van der Waals surface area contributed by atoms with Gasteiger partial charge in [0, 0.05) is 25.2 Å². The van der Waals surface area contributed by atoms with Gasteiger partial charge in [0.1, 0.15) is 11.8 Å². The van der Waals surface area contributed by atoms with E-state index in [9.17, 15) is 19.5 Å². The summed E-state index contributed by atoms with van der Waals surface area (Å²) in [6.45, 7) is 8.49. The summed E-state index contributed by atoms with van der Waals surface area (Å²) in [6.07, 6.45) is 1.41. The third-order valence-electron chi connectivity index (χ3n) is 3.79. The maximum Gasteiger partial charge on any atom is 0.274 e. The average Bonchev–Trinajstić information content (AvgIpc) is 2.52. The highest BCUT2D eigenvalue weighted by Crippen LogP contribution is 2.12. The van der Waals surface area contributed by atoms with E-state index in [0.717, 1.165) is 0 Å². The van der Waals surface area contributed by atoms with Crippen molar-refractivity contribution in [2.24, 2.45) is 5.92 Å². The predicted molar refractivity (Wildman–Crippen MR) is 92.9 cm³/mol. The minimum Gasteiger partial charge on any atom is -0.505 e. The first-order valence-corrected chi connectivity index (χ1v) is 8.15. The van der Waals surface area contributed by atoms with Gasteiger partial charge in [0.25, 0.3) is 5.91 Å². The zero-order valence-electron chi connectivity index (χ0n) is 15.2. The van der Waals surface area contributed by atoms with Crippen molar-refractivity contribution in [2.75, 3.05) is 0 Å². The summed E-state index contributed by atoms with van der Waals surface area (Å²) in [4.78, 5) is 39.6. The van der Waals surface area contributed by atoms with Gasteiger partial charge >= 0.3 is 0 Å². The molecule has 0 fully saturated rings. The molecule has 0 radical (unpaired) electrons. The van der Waals surface area contributed by atoms with Gasteiger partial charge < -0.3 is 21.1 Å². The number of carbonyl (C=O) groups is 3. The smallest absolute Gasteiger partial charge is 0.274 e. The van der Waals surface area contributed by atoms with E-state index in [0.29, 0.717) is 0 Å². The van der Waals surface area contributed by atoms with Gasteiger partial charge in [-0.2, -0.15) is 0 Å². The van der Waals surface area contributed by atoms with E-state index in [4.69, 9.17) is 0 Å². The standard InChI is InChI=1S/C17H26N4O4/c1-9(2)14(21-12(5)22)16(24)19-10(3)11(4)20-17(25)15-13(23)7-6-8-18-15/h6-11,14,23H,1-5H3,(H,19,24)(H,20,25)(H,21,22). The summed E-state index contributed by atoms with van der Waals surface area (Å²) in [5, 5.41) is 17.8. The zero-order valence-corrected chi connectivity index (χ0v) is 15.2. The van der Waals surface area contributed by atoms with Crippen LogP contribution in [0.3, 0.4) is 0 Å². The van der Waals surface area contributed by atoms with Crippen molar-refractivity contribution < 1.29 is 19.5 Å². The largest absolute Gasteiger partial charge is 0.505 e. The van der Waals surface area contributed by atoms with Crippen LogP contribution in [0.2, 0.25) is 0 Å².